The number of phosphoric ester groups is 1. The molecule has 30 heavy (non-hydrogen) atoms. The minimum Gasteiger partial charge on any atom is -0.367 e. The lowest BCUT2D eigenvalue weighted by atomic mass is 10.1. The summed E-state index contributed by atoms with van der Waals surface area (Å²) in [6.07, 6.45) is 2.63. The molecule has 0 radical (unpaired) electrons. The number of hydrogen-bond acceptors (Lipinski definition) is 6. The van der Waals surface area contributed by atoms with Gasteiger partial charge in [0.2, 0.25) is 5.91 Å². The molecule has 0 spiro atoms. The zero-order valence-electron chi connectivity index (χ0n) is 16.8. The maximum atomic E-state index is 12.2. The number of nitrogens with one attached hydrogen (secondary N) is 1. The van der Waals surface area contributed by atoms with E-state index in [4.69, 9.17) is 14.5 Å². The van der Waals surface area contributed by atoms with E-state index in [1.165, 1.54) is 0 Å². The predicted octanol–water partition coefficient (Wildman–Crippen LogP) is 1.79. The summed E-state index contributed by atoms with van der Waals surface area (Å²) in [7, 11) is -7.77. The molecule has 0 aromatic heterocycles. The lowest BCUT2D eigenvalue weighted by molar-refractivity contribution is -0.126. The van der Waals surface area contributed by atoms with E-state index < -0.39 is 17.7 Å². The molecule has 2 rings (SSSR count). The van der Waals surface area contributed by atoms with Gasteiger partial charge < -0.3 is 19.8 Å². The standard InChI is InChI=1S/C19H30NO8PS/c21-19(14-27-13-16-6-2-1-3-7-16)20-18-9-8-17(12-18)15-30(25,26)11-5-4-10-28-29(22,23)24/h1-3,6-7,17-18H,4-5,8-15H2,(H,20,21)(H2,22,23,24). The van der Waals surface area contributed by atoms with Crippen LogP contribution in [0.15, 0.2) is 30.3 Å². The molecule has 11 heteroatoms. The zero-order chi connectivity index (χ0) is 22.0. The molecule has 0 bridgehead atoms. The molecule has 1 fully saturated rings. The first-order valence-corrected chi connectivity index (χ1v) is 13.3. The first-order chi connectivity index (χ1) is 14.1. The van der Waals surface area contributed by atoms with Crippen molar-refractivity contribution >= 4 is 23.6 Å². The molecule has 2 unspecified atom stereocenters. The first kappa shape index (κ1) is 25.0. The van der Waals surface area contributed by atoms with E-state index in [1.54, 1.807) is 0 Å². The van der Waals surface area contributed by atoms with Crippen LogP contribution in [0.4, 0.5) is 0 Å². The second-order valence-corrected chi connectivity index (χ2v) is 11.0. The van der Waals surface area contributed by atoms with Crippen molar-refractivity contribution in [2.45, 2.75) is 44.8 Å². The Morgan fingerprint density at radius 3 is 2.60 bits per heavy atom. The van der Waals surface area contributed by atoms with Crippen molar-refractivity contribution in [2.24, 2.45) is 5.92 Å². The summed E-state index contributed by atoms with van der Waals surface area (Å²) in [5, 5.41) is 2.91. The topological polar surface area (TPSA) is 139 Å². The Morgan fingerprint density at radius 2 is 1.90 bits per heavy atom. The van der Waals surface area contributed by atoms with E-state index in [0.29, 0.717) is 13.0 Å². The van der Waals surface area contributed by atoms with Crippen LogP contribution in [0.3, 0.4) is 0 Å². The largest absolute Gasteiger partial charge is 0.469 e. The van der Waals surface area contributed by atoms with Crippen molar-refractivity contribution in [1.82, 2.24) is 5.32 Å². The van der Waals surface area contributed by atoms with Crippen LogP contribution in [0.5, 0.6) is 0 Å². The number of carbonyl (C=O) groups excluding carboxylic acids is 1. The highest BCUT2D eigenvalue weighted by atomic mass is 32.2. The predicted molar refractivity (Wildman–Crippen MR) is 111 cm³/mol. The highest BCUT2D eigenvalue weighted by Gasteiger charge is 2.29. The monoisotopic (exact) mass is 463 g/mol. The van der Waals surface area contributed by atoms with Gasteiger partial charge in [0.1, 0.15) is 6.61 Å². The van der Waals surface area contributed by atoms with E-state index in [1.807, 2.05) is 30.3 Å². The number of sulfone groups is 1. The molecular weight excluding hydrogens is 433 g/mol. The molecule has 1 aliphatic carbocycles. The summed E-state index contributed by atoms with van der Waals surface area (Å²) in [4.78, 5) is 29.2. The minimum absolute atomic E-state index is 0.00288. The average Bonchev–Trinajstić information content (AvgIpc) is 3.07. The zero-order valence-corrected chi connectivity index (χ0v) is 18.5. The van der Waals surface area contributed by atoms with Gasteiger partial charge in [0.15, 0.2) is 9.84 Å². The van der Waals surface area contributed by atoms with Crippen LogP contribution in [0.25, 0.3) is 0 Å². The van der Waals surface area contributed by atoms with Crippen LogP contribution in [0, 0.1) is 5.92 Å². The fourth-order valence-corrected chi connectivity index (χ4v) is 5.71. The highest BCUT2D eigenvalue weighted by Crippen LogP contribution is 2.35. The number of hydrogen-bond donors (Lipinski definition) is 3. The van der Waals surface area contributed by atoms with Gasteiger partial charge in [-0.3, -0.25) is 9.32 Å². The average molecular weight is 463 g/mol. The fourth-order valence-electron chi connectivity index (χ4n) is 3.51. The quantitative estimate of drug-likeness (QED) is 0.297. The van der Waals surface area contributed by atoms with Crippen LogP contribution in [0.1, 0.15) is 37.7 Å². The second kappa shape index (κ2) is 11.9. The molecule has 1 aromatic rings. The molecule has 3 N–H and O–H groups in total. The Balaban J connectivity index is 1.60. The van der Waals surface area contributed by atoms with Crippen molar-refractivity contribution < 1.29 is 36.8 Å². The number of carbonyl (C=O) groups is 1. The molecule has 0 aliphatic heterocycles. The normalized spacial score (nSPS) is 19.7. The summed E-state index contributed by atoms with van der Waals surface area (Å²) >= 11 is 0. The molecular formula is C19H30NO8PS. The summed E-state index contributed by atoms with van der Waals surface area (Å²) < 4.78 is 44.8. The SMILES string of the molecule is O=C(COCc1ccccc1)NC1CCC(CS(=O)(=O)CCCCOP(=O)(O)O)C1. The third-order valence-electron chi connectivity index (χ3n) is 4.85. The van der Waals surface area contributed by atoms with E-state index in [-0.39, 0.29) is 55.4 Å². The fraction of sp³-hybridized carbons (Fsp3) is 0.632. The molecule has 9 nitrogen and oxygen atoms in total. The Morgan fingerprint density at radius 1 is 1.17 bits per heavy atom. The number of benzene rings is 1. The maximum absolute atomic E-state index is 12.2. The first-order valence-electron chi connectivity index (χ1n) is 9.94. The van der Waals surface area contributed by atoms with Gasteiger partial charge >= 0.3 is 7.82 Å². The third-order valence-corrected chi connectivity index (χ3v) is 7.26. The Kier molecular flexibility index (Phi) is 9.93. The van der Waals surface area contributed by atoms with Crippen LogP contribution < -0.4 is 5.32 Å². The lowest BCUT2D eigenvalue weighted by Gasteiger charge is -2.14. The van der Waals surface area contributed by atoms with Crippen LogP contribution >= 0.6 is 7.82 Å². The van der Waals surface area contributed by atoms with E-state index in [9.17, 15) is 17.8 Å². The van der Waals surface area contributed by atoms with Crippen molar-refractivity contribution in [3.63, 3.8) is 0 Å². The Labute approximate surface area is 177 Å². The molecule has 0 heterocycles. The van der Waals surface area contributed by atoms with Crippen molar-refractivity contribution in [3.8, 4) is 0 Å². The molecule has 1 amide bonds. The van der Waals surface area contributed by atoms with E-state index in [2.05, 4.69) is 9.84 Å². The highest BCUT2D eigenvalue weighted by molar-refractivity contribution is 7.91. The van der Waals surface area contributed by atoms with Gasteiger partial charge in [0, 0.05) is 6.04 Å². The molecule has 170 valence electrons. The minimum atomic E-state index is -4.51. The number of phosphoric acid groups is 1. The molecule has 1 aromatic carbocycles. The molecule has 2 atom stereocenters. The van der Waals surface area contributed by atoms with Gasteiger partial charge in [-0.1, -0.05) is 30.3 Å². The van der Waals surface area contributed by atoms with E-state index in [0.717, 1.165) is 18.4 Å². The van der Waals surface area contributed by atoms with Crippen LogP contribution in [-0.2, 0) is 35.1 Å². The van der Waals surface area contributed by atoms with Gasteiger partial charge in [-0.2, -0.15) is 0 Å². The molecule has 1 aliphatic rings. The smallest absolute Gasteiger partial charge is 0.367 e. The third kappa shape index (κ3) is 10.7. The van der Waals surface area contributed by atoms with Gasteiger partial charge in [-0.05, 0) is 43.6 Å². The number of ether oxygens (including phenoxy) is 1. The van der Waals surface area contributed by atoms with Crippen LogP contribution in [0.2, 0.25) is 0 Å². The number of unbranched alkanes of at least 4 members (excludes halogenated alkanes) is 1. The summed E-state index contributed by atoms with van der Waals surface area (Å²) in [6, 6.07) is 9.52. The Hall–Kier alpha value is -1.29. The second-order valence-electron chi connectivity index (χ2n) is 7.57. The summed E-state index contributed by atoms with van der Waals surface area (Å²) in [5.41, 5.74) is 0.990. The van der Waals surface area contributed by atoms with Crippen molar-refractivity contribution in [2.75, 3.05) is 24.7 Å². The van der Waals surface area contributed by atoms with Crippen molar-refractivity contribution in [3.05, 3.63) is 35.9 Å². The van der Waals surface area contributed by atoms with Gasteiger partial charge in [-0.15, -0.1) is 0 Å². The molecule has 1 saturated carbocycles. The summed E-state index contributed by atoms with van der Waals surface area (Å²) in [5.74, 6) is -0.192. The van der Waals surface area contributed by atoms with Crippen LogP contribution in [-0.4, -0.2) is 54.9 Å². The maximum Gasteiger partial charge on any atom is 0.469 e. The van der Waals surface area contributed by atoms with Gasteiger partial charge in [-0.25, -0.2) is 13.0 Å². The van der Waals surface area contributed by atoms with E-state index >= 15 is 0 Å². The van der Waals surface area contributed by atoms with Crippen molar-refractivity contribution in [1.29, 1.82) is 0 Å². The van der Waals surface area contributed by atoms with Gasteiger partial charge in [0.05, 0.1) is 24.7 Å². The Bertz CT molecular complexity index is 811. The number of amides is 1. The summed E-state index contributed by atoms with van der Waals surface area (Å²) in [6.45, 7) is 0.147. The lowest BCUT2D eigenvalue weighted by Crippen LogP contribution is -2.35. The number of rotatable bonds is 13. The van der Waals surface area contributed by atoms with Gasteiger partial charge in [0.25, 0.3) is 0 Å². The molecule has 0 saturated heterocycles.